The molecule has 17 heavy (non-hydrogen) atoms. The summed E-state index contributed by atoms with van der Waals surface area (Å²) in [4.78, 5) is 4.14. The summed E-state index contributed by atoms with van der Waals surface area (Å²) in [6, 6.07) is 0.217. The second kappa shape index (κ2) is 5.46. The van der Waals surface area contributed by atoms with Gasteiger partial charge in [-0.15, -0.1) is 11.8 Å². The van der Waals surface area contributed by atoms with Crippen LogP contribution in [-0.2, 0) is 0 Å². The topological polar surface area (TPSA) is 42.2 Å². The first-order valence-corrected chi connectivity index (χ1v) is 5.77. The number of hydrogen-bond acceptors (Lipinski definition) is 3. The Bertz CT molecular complexity index is 547. The molecule has 0 radical (unpaired) electrons. The Morgan fingerprint density at radius 1 is 1.47 bits per heavy atom. The zero-order chi connectivity index (χ0) is 12.1. The van der Waals surface area contributed by atoms with Crippen molar-refractivity contribution in [2.45, 2.75) is 26.3 Å². The lowest BCUT2D eigenvalue weighted by Gasteiger charge is -2.13. The van der Waals surface area contributed by atoms with Crippen LogP contribution >= 0.6 is 0 Å². The summed E-state index contributed by atoms with van der Waals surface area (Å²) in [5.41, 5.74) is 2.19. The van der Waals surface area contributed by atoms with Crippen molar-refractivity contribution in [3.8, 4) is 11.8 Å². The molecule has 0 saturated heterocycles. The van der Waals surface area contributed by atoms with Crippen LogP contribution in [0.25, 0.3) is 5.52 Å². The van der Waals surface area contributed by atoms with Gasteiger partial charge < -0.3 is 5.32 Å². The fourth-order valence-electron chi connectivity index (χ4n) is 1.86. The first kappa shape index (κ1) is 11.6. The summed E-state index contributed by atoms with van der Waals surface area (Å²) < 4.78 is 1.84. The predicted octanol–water partition coefficient (Wildman–Crippen LogP) is 1.79. The Morgan fingerprint density at radius 2 is 2.35 bits per heavy atom. The molecule has 0 amide bonds. The van der Waals surface area contributed by atoms with Crippen LogP contribution in [0.2, 0.25) is 0 Å². The molecule has 0 bridgehead atoms. The van der Waals surface area contributed by atoms with E-state index in [0.29, 0.717) is 0 Å². The van der Waals surface area contributed by atoms with E-state index >= 15 is 0 Å². The molecule has 0 aliphatic carbocycles. The fraction of sp³-hybridized carbons (Fsp3) is 0.385. The van der Waals surface area contributed by atoms with Gasteiger partial charge in [-0.25, -0.2) is 4.52 Å². The lowest BCUT2D eigenvalue weighted by molar-refractivity contribution is 0.568. The van der Waals surface area contributed by atoms with Gasteiger partial charge in [0.25, 0.3) is 0 Å². The largest absolute Gasteiger partial charge is 0.309 e. The molecule has 1 atom stereocenters. The van der Waals surface area contributed by atoms with Crippen LogP contribution in [0.3, 0.4) is 0 Å². The first-order valence-electron chi connectivity index (χ1n) is 5.77. The first-order chi connectivity index (χ1) is 8.36. The van der Waals surface area contributed by atoms with E-state index in [9.17, 15) is 0 Å². The van der Waals surface area contributed by atoms with Gasteiger partial charge in [-0.05, 0) is 13.5 Å². The third-order valence-electron chi connectivity index (χ3n) is 2.66. The minimum Gasteiger partial charge on any atom is -0.309 e. The zero-order valence-corrected chi connectivity index (χ0v) is 10.1. The monoisotopic (exact) mass is 228 g/mol. The highest BCUT2D eigenvalue weighted by Crippen LogP contribution is 2.20. The molecule has 88 valence electrons. The molecule has 2 aromatic rings. The van der Waals surface area contributed by atoms with Crippen LogP contribution in [0.5, 0.6) is 0 Å². The molecule has 2 rings (SSSR count). The number of rotatable bonds is 4. The van der Waals surface area contributed by atoms with Crippen LogP contribution < -0.4 is 5.32 Å². The van der Waals surface area contributed by atoms with Gasteiger partial charge in [-0.1, -0.05) is 6.92 Å². The van der Waals surface area contributed by atoms with Gasteiger partial charge in [0.15, 0.2) is 0 Å². The summed E-state index contributed by atoms with van der Waals surface area (Å²) in [5, 5.41) is 7.75. The number of aromatic nitrogens is 3. The van der Waals surface area contributed by atoms with E-state index in [2.05, 4.69) is 34.2 Å². The van der Waals surface area contributed by atoms with Gasteiger partial charge >= 0.3 is 0 Å². The van der Waals surface area contributed by atoms with E-state index in [4.69, 9.17) is 0 Å². The van der Waals surface area contributed by atoms with Crippen LogP contribution in [0.1, 0.15) is 31.9 Å². The van der Waals surface area contributed by atoms with E-state index in [1.807, 2.05) is 30.0 Å². The summed E-state index contributed by atoms with van der Waals surface area (Å²) in [6.07, 6.45) is 8.11. The summed E-state index contributed by atoms with van der Waals surface area (Å²) in [6.45, 7) is 4.87. The highest BCUT2D eigenvalue weighted by Gasteiger charge is 2.14. The molecule has 2 aromatic heterocycles. The second-order valence-electron chi connectivity index (χ2n) is 3.75. The Hall–Kier alpha value is -1.86. The Morgan fingerprint density at radius 3 is 3.12 bits per heavy atom. The lowest BCUT2D eigenvalue weighted by atomic mass is 10.1. The van der Waals surface area contributed by atoms with Gasteiger partial charge in [0.2, 0.25) is 0 Å². The number of hydrogen-bond donors (Lipinski definition) is 1. The van der Waals surface area contributed by atoms with Crippen molar-refractivity contribution in [3.05, 3.63) is 30.4 Å². The summed E-state index contributed by atoms with van der Waals surface area (Å²) in [5.74, 6) is 6.05. The van der Waals surface area contributed by atoms with Crippen molar-refractivity contribution in [2.24, 2.45) is 0 Å². The maximum absolute atomic E-state index is 4.32. The Labute approximate surface area is 101 Å². The minimum absolute atomic E-state index is 0.217. The maximum Gasteiger partial charge on any atom is 0.0893 e. The maximum atomic E-state index is 4.32. The fourth-order valence-corrected chi connectivity index (χ4v) is 1.86. The lowest BCUT2D eigenvalue weighted by Crippen LogP contribution is -2.20. The molecule has 0 aliphatic rings. The van der Waals surface area contributed by atoms with Crippen LogP contribution in [0.4, 0.5) is 0 Å². The highest BCUT2D eigenvalue weighted by atomic mass is 15.2. The van der Waals surface area contributed by atoms with Crippen LogP contribution in [0.15, 0.2) is 24.8 Å². The van der Waals surface area contributed by atoms with Crippen LogP contribution in [-0.4, -0.2) is 21.1 Å². The molecular formula is C13H16N4. The molecule has 4 heteroatoms. The van der Waals surface area contributed by atoms with E-state index in [-0.39, 0.29) is 6.04 Å². The van der Waals surface area contributed by atoms with Crippen molar-refractivity contribution in [3.63, 3.8) is 0 Å². The van der Waals surface area contributed by atoms with Gasteiger partial charge in [-0.3, -0.25) is 4.98 Å². The van der Waals surface area contributed by atoms with Crippen molar-refractivity contribution < 1.29 is 0 Å². The highest BCUT2D eigenvalue weighted by molar-refractivity contribution is 5.53. The molecule has 1 N–H and O–H groups in total. The summed E-state index contributed by atoms with van der Waals surface area (Å²) in [7, 11) is 0. The SMILES string of the molecule is CC#CCC(NCC)c1cnn2ccncc12. The number of nitrogens with one attached hydrogen (secondary N) is 1. The third kappa shape index (κ3) is 2.45. The molecule has 4 nitrogen and oxygen atoms in total. The van der Waals surface area contributed by atoms with Crippen molar-refractivity contribution in [2.75, 3.05) is 6.54 Å². The quantitative estimate of drug-likeness (QED) is 0.811. The van der Waals surface area contributed by atoms with E-state index in [1.54, 1.807) is 6.20 Å². The molecule has 0 spiro atoms. The smallest absolute Gasteiger partial charge is 0.0893 e. The normalized spacial score (nSPS) is 12.1. The van der Waals surface area contributed by atoms with Crippen molar-refractivity contribution >= 4 is 5.52 Å². The Kier molecular flexibility index (Phi) is 3.73. The second-order valence-corrected chi connectivity index (χ2v) is 3.75. The van der Waals surface area contributed by atoms with E-state index in [0.717, 1.165) is 24.0 Å². The van der Waals surface area contributed by atoms with Gasteiger partial charge in [0, 0.05) is 30.4 Å². The molecule has 0 aromatic carbocycles. The average molecular weight is 228 g/mol. The summed E-state index contributed by atoms with van der Waals surface area (Å²) >= 11 is 0. The number of nitrogens with zero attached hydrogens (tertiary/aromatic N) is 3. The average Bonchev–Trinajstić information content (AvgIpc) is 2.78. The van der Waals surface area contributed by atoms with E-state index in [1.165, 1.54) is 0 Å². The molecule has 0 fully saturated rings. The van der Waals surface area contributed by atoms with Crippen LogP contribution in [0, 0.1) is 11.8 Å². The standard InChI is InChI=1S/C13H16N4/c1-3-5-6-12(15-4-2)11-9-16-17-8-7-14-10-13(11)17/h7-10,12,15H,4,6H2,1-2H3. The third-order valence-corrected chi connectivity index (χ3v) is 2.66. The van der Waals surface area contributed by atoms with Crippen molar-refractivity contribution in [1.82, 2.24) is 19.9 Å². The Balaban J connectivity index is 2.36. The zero-order valence-electron chi connectivity index (χ0n) is 10.1. The van der Waals surface area contributed by atoms with E-state index < -0.39 is 0 Å². The molecule has 0 saturated carbocycles. The molecule has 2 heterocycles. The molecule has 1 unspecified atom stereocenters. The van der Waals surface area contributed by atoms with Gasteiger partial charge in [-0.2, -0.15) is 5.10 Å². The predicted molar refractivity (Wildman–Crippen MR) is 67.5 cm³/mol. The van der Waals surface area contributed by atoms with Crippen molar-refractivity contribution in [1.29, 1.82) is 0 Å². The molecular weight excluding hydrogens is 212 g/mol. The number of fused-ring (bicyclic) bond motifs is 1. The minimum atomic E-state index is 0.217. The molecule has 0 aliphatic heterocycles. The van der Waals surface area contributed by atoms with Gasteiger partial charge in [0.05, 0.1) is 17.9 Å². The van der Waals surface area contributed by atoms with Gasteiger partial charge in [0.1, 0.15) is 0 Å².